The van der Waals surface area contributed by atoms with Crippen molar-refractivity contribution in [2.45, 2.75) is 32.7 Å². The second-order valence-corrected chi connectivity index (χ2v) is 5.86. The number of hydrogen-bond donors (Lipinski definition) is 0. The van der Waals surface area contributed by atoms with Crippen LogP contribution in [0.15, 0.2) is 29.5 Å². The SMILES string of the molecule is CC(=O)OCO/N=[N+](/[O-])N1CCC[C@H]1COC(=O)c1ccccc1OC(C)=O. The lowest BCUT2D eigenvalue weighted by atomic mass is 10.2. The van der Waals surface area contributed by atoms with Crippen molar-refractivity contribution in [3.8, 4) is 5.75 Å². The minimum atomic E-state index is -0.677. The zero-order valence-electron chi connectivity index (χ0n) is 15.5. The van der Waals surface area contributed by atoms with Crippen LogP contribution in [0, 0.1) is 5.21 Å². The number of para-hydroxylation sites is 1. The average Bonchev–Trinajstić information content (AvgIpc) is 3.11. The highest BCUT2D eigenvalue weighted by atomic mass is 16.8. The van der Waals surface area contributed by atoms with E-state index in [1.807, 2.05) is 0 Å². The molecule has 1 fully saturated rings. The third-order valence-electron chi connectivity index (χ3n) is 3.78. The Bertz CT molecular complexity index is 752. The molecule has 1 heterocycles. The van der Waals surface area contributed by atoms with Crippen LogP contribution in [0.4, 0.5) is 0 Å². The number of carbonyl (C=O) groups is 3. The Labute approximate surface area is 160 Å². The first-order chi connectivity index (χ1) is 13.4. The van der Waals surface area contributed by atoms with Gasteiger partial charge in [-0.1, -0.05) is 12.1 Å². The summed E-state index contributed by atoms with van der Waals surface area (Å²) in [6.07, 6.45) is 1.31. The fraction of sp³-hybridized carbons (Fsp3) is 0.471. The summed E-state index contributed by atoms with van der Waals surface area (Å²) in [5, 5.41) is 16.6. The van der Waals surface area contributed by atoms with E-state index in [0.717, 1.165) is 0 Å². The van der Waals surface area contributed by atoms with Crippen LogP contribution >= 0.6 is 0 Å². The van der Waals surface area contributed by atoms with Crippen LogP contribution in [0.25, 0.3) is 0 Å². The van der Waals surface area contributed by atoms with E-state index in [1.54, 1.807) is 12.1 Å². The second-order valence-electron chi connectivity index (χ2n) is 5.86. The molecule has 1 atom stereocenters. The zero-order valence-corrected chi connectivity index (χ0v) is 15.5. The predicted octanol–water partition coefficient (Wildman–Crippen LogP) is 1.56. The van der Waals surface area contributed by atoms with E-state index in [0.29, 0.717) is 19.4 Å². The van der Waals surface area contributed by atoms with Gasteiger partial charge in [0.05, 0.1) is 11.5 Å². The number of esters is 3. The molecule has 152 valence electrons. The minimum absolute atomic E-state index is 0.0640. The van der Waals surface area contributed by atoms with Gasteiger partial charge in [-0.25, -0.2) is 4.79 Å². The maximum absolute atomic E-state index is 12.3. The number of benzene rings is 1. The number of hydrogen-bond acceptors (Lipinski definition) is 9. The highest BCUT2D eigenvalue weighted by Crippen LogP contribution is 2.21. The van der Waals surface area contributed by atoms with Crippen molar-refractivity contribution in [1.82, 2.24) is 5.01 Å². The Hall–Kier alpha value is -3.37. The quantitative estimate of drug-likeness (QED) is 0.122. The lowest BCUT2D eigenvalue weighted by Crippen LogP contribution is -2.38. The molecule has 1 aromatic carbocycles. The molecule has 11 heteroatoms. The summed E-state index contributed by atoms with van der Waals surface area (Å²) in [5.74, 6) is -1.70. The molecule has 0 amide bonds. The molecule has 0 saturated carbocycles. The molecule has 0 unspecified atom stereocenters. The van der Waals surface area contributed by atoms with Crippen molar-refractivity contribution >= 4 is 17.9 Å². The molecule has 1 aliphatic heterocycles. The highest BCUT2D eigenvalue weighted by Gasteiger charge is 2.32. The Kier molecular flexibility index (Phi) is 7.55. The number of carbonyl (C=O) groups excluding carboxylic acids is 3. The zero-order chi connectivity index (χ0) is 20.5. The van der Waals surface area contributed by atoms with E-state index < -0.39 is 30.7 Å². The van der Waals surface area contributed by atoms with Gasteiger partial charge in [0.2, 0.25) is 5.28 Å². The van der Waals surface area contributed by atoms with Gasteiger partial charge in [-0.15, -0.1) is 5.01 Å². The van der Waals surface area contributed by atoms with Crippen molar-refractivity contribution in [3.63, 3.8) is 0 Å². The largest absolute Gasteiger partial charge is 0.569 e. The van der Waals surface area contributed by atoms with Gasteiger partial charge in [0.1, 0.15) is 24.0 Å². The van der Waals surface area contributed by atoms with Gasteiger partial charge in [-0.3, -0.25) is 9.59 Å². The third-order valence-corrected chi connectivity index (χ3v) is 3.78. The Morgan fingerprint density at radius 1 is 1.21 bits per heavy atom. The second kappa shape index (κ2) is 10.1. The first-order valence-electron chi connectivity index (χ1n) is 8.53. The smallest absolute Gasteiger partial charge is 0.342 e. The number of nitrogens with zero attached hydrogens (tertiary/aromatic N) is 3. The molecule has 28 heavy (non-hydrogen) atoms. The molecule has 11 nitrogen and oxygen atoms in total. The number of rotatable bonds is 8. The van der Waals surface area contributed by atoms with Gasteiger partial charge in [-0.2, -0.15) is 0 Å². The third kappa shape index (κ3) is 6.11. The molecule has 2 rings (SSSR count). The van der Waals surface area contributed by atoms with Gasteiger partial charge in [0.15, 0.2) is 0 Å². The molecule has 0 aliphatic carbocycles. The number of hydrazine groups is 1. The summed E-state index contributed by atoms with van der Waals surface area (Å²) in [5.41, 5.74) is 0.107. The fourth-order valence-corrected chi connectivity index (χ4v) is 2.57. The van der Waals surface area contributed by atoms with Crippen molar-refractivity contribution in [2.75, 3.05) is 19.9 Å². The van der Waals surface area contributed by atoms with Crippen molar-refractivity contribution in [3.05, 3.63) is 35.0 Å². The van der Waals surface area contributed by atoms with Crippen LogP contribution in [0.2, 0.25) is 0 Å². The van der Waals surface area contributed by atoms with Crippen LogP contribution in [-0.4, -0.2) is 53.9 Å². The Morgan fingerprint density at radius 3 is 2.68 bits per heavy atom. The van der Waals surface area contributed by atoms with Gasteiger partial charge >= 0.3 is 17.9 Å². The van der Waals surface area contributed by atoms with E-state index in [9.17, 15) is 19.6 Å². The monoisotopic (exact) mass is 395 g/mol. The normalized spacial score (nSPS) is 16.4. The molecule has 0 spiro atoms. The molecular weight excluding hydrogens is 374 g/mol. The van der Waals surface area contributed by atoms with Crippen LogP contribution in [0.5, 0.6) is 5.75 Å². The standard InChI is InChI=1S/C17H21N3O8/c1-12(21)26-11-27-18-20(24)19-9-5-6-14(19)10-25-17(23)15-7-3-4-8-16(15)28-13(2)22/h3-4,7-8,14H,5-6,9-11H2,1-2H3/b20-18+/t14-/m0/s1. The van der Waals surface area contributed by atoms with E-state index in [-0.39, 0.29) is 22.9 Å². The molecule has 1 aromatic rings. The minimum Gasteiger partial charge on any atom is -0.569 e. The lowest BCUT2D eigenvalue weighted by Gasteiger charge is -2.20. The molecule has 0 aromatic heterocycles. The van der Waals surface area contributed by atoms with Crippen molar-refractivity contribution in [2.24, 2.45) is 5.28 Å². The van der Waals surface area contributed by atoms with E-state index in [1.165, 1.54) is 31.0 Å². The van der Waals surface area contributed by atoms with Crippen LogP contribution in [-0.2, 0) is 23.9 Å². The van der Waals surface area contributed by atoms with Crippen LogP contribution < -0.4 is 4.74 Å². The summed E-state index contributed by atoms with van der Waals surface area (Å²) in [6, 6.07) is 5.80. The molecule has 1 saturated heterocycles. The Balaban J connectivity index is 1.92. The maximum Gasteiger partial charge on any atom is 0.342 e. The molecule has 1 aliphatic rings. The van der Waals surface area contributed by atoms with Gasteiger partial charge in [0, 0.05) is 13.8 Å². The molecule has 0 bridgehead atoms. The Morgan fingerprint density at radius 2 is 1.96 bits per heavy atom. The summed E-state index contributed by atoms with van der Waals surface area (Å²) >= 11 is 0. The number of ether oxygens (including phenoxy) is 3. The van der Waals surface area contributed by atoms with Crippen molar-refractivity contribution in [1.29, 1.82) is 0 Å². The summed E-state index contributed by atoms with van der Waals surface area (Å²) < 4.78 is 14.8. The van der Waals surface area contributed by atoms with E-state index >= 15 is 0 Å². The van der Waals surface area contributed by atoms with Gasteiger partial charge < -0.3 is 24.3 Å². The topological polar surface area (TPSA) is 130 Å². The average molecular weight is 395 g/mol. The highest BCUT2D eigenvalue weighted by molar-refractivity contribution is 5.93. The first kappa shape index (κ1) is 20.9. The van der Waals surface area contributed by atoms with E-state index in [4.69, 9.17) is 9.47 Å². The van der Waals surface area contributed by atoms with Crippen molar-refractivity contribution < 1.29 is 38.4 Å². The lowest BCUT2D eigenvalue weighted by molar-refractivity contribution is -0.715. The summed E-state index contributed by atoms with van der Waals surface area (Å²) in [4.78, 5) is 39.0. The molecular formula is C17H21N3O8. The van der Waals surface area contributed by atoms with E-state index in [2.05, 4.69) is 14.9 Å². The summed E-state index contributed by atoms with van der Waals surface area (Å²) in [6.45, 7) is 2.28. The van der Waals surface area contributed by atoms with Gasteiger partial charge in [0.25, 0.3) is 6.79 Å². The van der Waals surface area contributed by atoms with Crippen LogP contribution in [0.3, 0.4) is 0 Å². The predicted molar refractivity (Wildman–Crippen MR) is 91.5 cm³/mol. The molecule has 0 N–H and O–H groups in total. The fourth-order valence-electron chi connectivity index (χ4n) is 2.57. The van der Waals surface area contributed by atoms with Gasteiger partial charge in [-0.05, 0) is 25.0 Å². The van der Waals surface area contributed by atoms with Crippen LogP contribution in [0.1, 0.15) is 37.0 Å². The molecule has 0 radical (unpaired) electrons. The maximum atomic E-state index is 12.3. The summed E-state index contributed by atoms with van der Waals surface area (Å²) in [7, 11) is 0. The first-order valence-corrected chi connectivity index (χ1v) is 8.53.